The molecule has 0 aliphatic carbocycles. The molecule has 1 aromatic carbocycles. The number of nitrogens with zero attached hydrogens (tertiary/aromatic N) is 1. The fourth-order valence-electron chi connectivity index (χ4n) is 2.67. The Labute approximate surface area is 158 Å². The van der Waals surface area contributed by atoms with Gasteiger partial charge in [0, 0.05) is 26.5 Å². The lowest BCUT2D eigenvalue weighted by Crippen LogP contribution is -2.45. The van der Waals surface area contributed by atoms with Crippen LogP contribution in [0.5, 0.6) is 0 Å². The third kappa shape index (κ3) is 6.96. The summed E-state index contributed by atoms with van der Waals surface area (Å²) in [5.41, 5.74) is 1.73. The Kier molecular flexibility index (Phi) is 8.09. The number of aliphatic imine (C=N–C) groups is 1. The van der Waals surface area contributed by atoms with Gasteiger partial charge in [-0.2, -0.15) is 0 Å². The SMILES string of the molecule is CCNC(=NCc1ccc(S(C)(=O)=O)c(C)c1)NCC(OC)C(C)(C)C. The van der Waals surface area contributed by atoms with Gasteiger partial charge in [-0.3, -0.25) is 0 Å². The summed E-state index contributed by atoms with van der Waals surface area (Å²) < 4.78 is 29.0. The molecular formula is C19H33N3O3S. The molecule has 7 heteroatoms. The minimum absolute atomic E-state index is 0.0255. The lowest BCUT2D eigenvalue weighted by Gasteiger charge is -2.30. The number of rotatable bonds is 7. The highest BCUT2D eigenvalue weighted by atomic mass is 32.2. The Morgan fingerprint density at radius 3 is 2.38 bits per heavy atom. The molecule has 0 aliphatic rings. The summed E-state index contributed by atoms with van der Waals surface area (Å²) in [6, 6.07) is 5.33. The van der Waals surface area contributed by atoms with E-state index in [9.17, 15) is 8.42 Å². The Balaban J connectivity index is 2.85. The molecule has 2 N–H and O–H groups in total. The van der Waals surface area contributed by atoms with Crippen molar-refractivity contribution in [1.82, 2.24) is 10.6 Å². The maximum absolute atomic E-state index is 11.7. The van der Waals surface area contributed by atoms with Crippen molar-refractivity contribution in [3.63, 3.8) is 0 Å². The number of hydrogen-bond donors (Lipinski definition) is 2. The molecule has 6 nitrogen and oxygen atoms in total. The summed E-state index contributed by atoms with van der Waals surface area (Å²) in [6.07, 6.45) is 1.28. The Morgan fingerprint density at radius 1 is 1.27 bits per heavy atom. The van der Waals surface area contributed by atoms with E-state index in [1.165, 1.54) is 6.26 Å². The predicted molar refractivity (Wildman–Crippen MR) is 107 cm³/mol. The fraction of sp³-hybridized carbons (Fsp3) is 0.632. The van der Waals surface area contributed by atoms with E-state index in [1.54, 1.807) is 20.1 Å². The number of guanidine groups is 1. The van der Waals surface area contributed by atoms with Crippen LogP contribution in [0.1, 0.15) is 38.8 Å². The average Bonchev–Trinajstić information content (AvgIpc) is 2.50. The van der Waals surface area contributed by atoms with Crippen molar-refractivity contribution in [1.29, 1.82) is 0 Å². The van der Waals surface area contributed by atoms with E-state index in [0.29, 0.717) is 23.9 Å². The van der Waals surface area contributed by atoms with Crippen molar-refractivity contribution in [2.45, 2.75) is 52.2 Å². The second-order valence-electron chi connectivity index (χ2n) is 7.54. The molecule has 0 bridgehead atoms. The number of sulfone groups is 1. The van der Waals surface area contributed by atoms with Crippen LogP contribution in [0.3, 0.4) is 0 Å². The van der Waals surface area contributed by atoms with E-state index >= 15 is 0 Å². The molecule has 0 heterocycles. The van der Waals surface area contributed by atoms with Crippen LogP contribution in [0.25, 0.3) is 0 Å². The van der Waals surface area contributed by atoms with Crippen molar-refractivity contribution in [3.05, 3.63) is 29.3 Å². The Morgan fingerprint density at radius 2 is 1.92 bits per heavy atom. The molecule has 1 atom stereocenters. The highest BCUT2D eigenvalue weighted by Crippen LogP contribution is 2.21. The zero-order valence-corrected chi connectivity index (χ0v) is 17.8. The minimum Gasteiger partial charge on any atom is -0.379 e. The number of ether oxygens (including phenoxy) is 1. The van der Waals surface area contributed by atoms with Crippen molar-refractivity contribution in [2.75, 3.05) is 26.5 Å². The average molecular weight is 384 g/mol. The largest absolute Gasteiger partial charge is 0.379 e. The molecule has 26 heavy (non-hydrogen) atoms. The second kappa shape index (κ2) is 9.37. The summed E-state index contributed by atoms with van der Waals surface area (Å²) in [6.45, 7) is 12.1. The number of nitrogens with one attached hydrogen (secondary N) is 2. The fourth-order valence-corrected chi connectivity index (χ4v) is 3.63. The first-order valence-electron chi connectivity index (χ1n) is 8.83. The molecule has 0 saturated heterocycles. The number of aryl methyl sites for hydroxylation is 1. The molecule has 1 unspecified atom stereocenters. The molecule has 0 saturated carbocycles. The Bertz CT molecular complexity index is 722. The van der Waals surface area contributed by atoms with E-state index in [2.05, 4.69) is 36.4 Å². The highest BCUT2D eigenvalue weighted by Gasteiger charge is 2.24. The van der Waals surface area contributed by atoms with Gasteiger partial charge in [0.05, 0.1) is 17.5 Å². The smallest absolute Gasteiger partial charge is 0.191 e. The molecule has 0 aromatic heterocycles. The molecule has 0 amide bonds. The van der Waals surface area contributed by atoms with Crippen LogP contribution in [-0.2, 0) is 21.1 Å². The van der Waals surface area contributed by atoms with Crippen LogP contribution < -0.4 is 10.6 Å². The van der Waals surface area contributed by atoms with Gasteiger partial charge in [-0.1, -0.05) is 32.9 Å². The van der Waals surface area contributed by atoms with Crippen LogP contribution in [0.2, 0.25) is 0 Å². The third-order valence-electron chi connectivity index (χ3n) is 4.11. The number of methoxy groups -OCH3 is 1. The maximum Gasteiger partial charge on any atom is 0.191 e. The topological polar surface area (TPSA) is 79.8 Å². The zero-order chi connectivity index (χ0) is 20.0. The lowest BCUT2D eigenvalue weighted by atomic mass is 9.89. The molecular weight excluding hydrogens is 350 g/mol. The van der Waals surface area contributed by atoms with E-state index < -0.39 is 9.84 Å². The van der Waals surface area contributed by atoms with Gasteiger partial charge in [-0.05, 0) is 36.5 Å². The van der Waals surface area contributed by atoms with Crippen molar-refractivity contribution < 1.29 is 13.2 Å². The third-order valence-corrected chi connectivity index (χ3v) is 5.37. The number of hydrogen-bond acceptors (Lipinski definition) is 4. The van der Waals surface area contributed by atoms with Gasteiger partial charge < -0.3 is 15.4 Å². The van der Waals surface area contributed by atoms with Gasteiger partial charge in [0.25, 0.3) is 0 Å². The van der Waals surface area contributed by atoms with Gasteiger partial charge in [0.15, 0.2) is 15.8 Å². The summed E-state index contributed by atoms with van der Waals surface area (Å²) in [4.78, 5) is 4.96. The van der Waals surface area contributed by atoms with Crippen molar-refractivity contribution in [3.8, 4) is 0 Å². The van der Waals surface area contributed by atoms with Crippen LogP contribution in [0.15, 0.2) is 28.1 Å². The molecule has 0 aliphatic heterocycles. The van der Waals surface area contributed by atoms with E-state index in [0.717, 1.165) is 17.7 Å². The van der Waals surface area contributed by atoms with Gasteiger partial charge in [-0.25, -0.2) is 13.4 Å². The predicted octanol–water partition coefficient (Wildman–Crippen LogP) is 2.51. The second-order valence-corrected chi connectivity index (χ2v) is 9.52. The van der Waals surface area contributed by atoms with Crippen molar-refractivity contribution >= 4 is 15.8 Å². The van der Waals surface area contributed by atoms with Gasteiger partial charge >= 0.3 is 0 Å². The quantitative estimate of drug-likeness (QED) is 0.559. The van der Waals surface area contributed by atoms with Crippen molar-refractivity contribution in [2.24, 2.45) is 10.4 Å². The van der Waals surface area contributed by atoms with E-state index in [1.807, 2.05) is 19.1 Å². The van der Waals surface area contributed by atoms with Crippen LogP contribution in [0, 0.1) is 12.3 Å². The lowest BCUT2D eigenvalue weighted by molar-refractivity contribution is 0.0205. The Hall–Kier alpha value is -1.60. The van der Waals surface area contributed by atoms with E-state index in [-0.39, 0.29) is 11.5 Å². The first-order valence-corrected chi connectivity index (χ1v) is 10.7. The van der Waals surface area contributed by atoms with Crippen LogP contribution in [-0.4, -0.2) is 46.9 Å². The summed E-state index contributed by atoms with van der Waals surface area (Å²) in [7, 11) is -1.48. The summed E-state index contributed by atoms with van der Waals surface area (Å²) in [5, 5.41) is 6.54. The van der Waals surface area contributed by atoms with Crippen LogP contribution in [0.4, 0.5) is 0 Å². The molecule has 1 aromatic rings. The van der Waals surface area contributed by atoms with Gasteiger partial charge in [0.1, 0.15) is 0 Å². The van der Waals surface area contributed by atoms with E-state index in [4.69, 9.17) is 4.74 Å². The van der Waals surface area contributed by atoms with Crippen LogP contribution >= 0.6 is 0 Å². The first-order chi connectivity index (χ1) is 12.0. The molecule has 0 radical (unpaired) electrons. The summed E-state index contributed by atoms with van der Waals surface area (Å²) >= 11 is 0. The monoisotopic (exact) mass is 383 g/mol. The minimum atomic E-state index is -3.20. The molecule has 0 fully saturated rings. The van der Waals surface area contributed by atoms with Gasteiger partial charge in [-0.15, -0.1) is 0 Å². The molecule has 0 spiro atoms. The zero-order valence-electron chi connectivity index (χ0n) is 17.0. The highest BCUT2D eigenvalue weighted by molar-refractivity contribution is 7.90. The first kappa shape index (κ1) is 22.4. The van der Waals surface area contributed by atoms with Gasteiger partial charge in [0.2, 0.25) is 0 Å². The molecule has 148 valence electrons. The maximum atomic E-state index is 11.7. The number of benzene rings is 1. The normalized spacial score (nSPS) is 14.2. The summed E-state index contributed by atoms with van der Waals surface area (Å²) in [5.74, 6) is 0.712. The standard InChI is InChI=1S/C19H33N3O3S/c1-8-20-18(22-13-17(25-6)19(3,4)5)21-12-15-9-10-16(14(2)11-15)26(7,23)24/h9-11,17H,8,12-13H2,1-7H3,(H2,20,21,22). The molecule has 1 rings (SSSR count).